The van der Waals surface area contributed by atoms with Gasteiger partial charge in [0, 0.05) is 25.2 Å². The summed E-state index contributed by atoms with van der Waals surface area (Å²) in [6.07, 6.45) is 11.2. The Balaban J connectivity index is 1.29. The lowest BCUT2D eigenvalue weighted by atomic mass is 9.82. The molecule has 1 aromatic carbocycles. The van der Waals surface area contributed by atoms with Crippen LogP contribution in [0.25, 0.3) is 0 Å². The van der Waals surface area contributed by atoms with Crippen molar-refractivity contribution >= 4 is 5.69 Å². The van der Waals surface area contributed by atoms with Crippen LogP contribution in [0.1, 0.15) is 58.3 Å². The minimum atomic E-state index is 0.654. The number of piperidine rings is 1. The molecule has 0 radical (unpaired) electrons. The number of ether oxygens (including phenoxy) is 1. The van der Waals surface area contributed by atoms with Gasteiger partial charge in [0.1, 0.15) is 5.75 Å². The van der Waals surface area contributed by atoms with Gasteiger partial charge in [-0.05, 0) is 56.6 Å². The summed E-state index contributed by atoms with van der Waals surface area (Å²) in [5.74, 6) is 2.08. The van der Waals surface area contributed by atoms with E-state index < -0.39 is 0 Å². The predicted octanol–water partition coefficient (Wildman–Crippen LogP) is 4.67. The summed E-state index contributed by atoms with van der Waals surface area (Å²) >= 11 is 0. The van der Waals surface area contributed by atoms with Crippen molar-refractivity contribution in [1.29, 1.82) is 0 Å². The average Bonchev–Trinajstić information content (AvgIpc) is 3.07. The van der Waals surface area contributed by atoms with Gasteiger partial charge in [-0.1, -0.05) is 31.9 Å². The summed E-state index contributed by atoms with van der Waals surface area (Å²) in [7, 11) is 0. The third-order valence-electron chi connectivity index (χ3n) is 6.50. The van der Waals surface area contributed by atoms with Crippen molar-refractivity contribution < 1.29 is 4.74 Å². The first kappa shape index (κ1) is 16.3. The molecule has 2 aliphatic heterocycles. The Bertz CT molecular complexity index is 530. The molecule has 0 aromatic heterocycles. The smallest absolute Gasteiger partial charge is 0.161 e. The van der Waals surface area contributed by atoms with Crippen molar-refractivity contribution in [3.63, 3.8) is 0 Å². The molecular weight excluding hydrogens is 296 g/mol. The molecule has 3 nitrogen and oxygen atoms in total. The van der Waals surface area contributed by atoms with Gasteiger partial charge in [-0.2, -0.15) is 0 Å². The average molecular weight is 329 g/mol. The molecule has 0 amide bonds. The summed E-state index contributed by atoms with van der Waals surface area (Å²) < 4.78 is 5.85. The summed E-state index contributed by atoms with van der Waals surface area (Å²) in [6.45, 7) is 5.61. The first-order valence-electron chi connectivity index (χ1n) is 10.1. The number of hydrogen-bond acceptors (Lipinski definition) is 3. The fourth-order valence-corrected chi connectivity index (χ4v) is 5.10. The predicted molar refractivity (Wildman–Crippen MR) is 99.7 cm³/mol. The summed E-state index contributed by atoms with van der Waals surface area (Å²) in [5, 5.41) is 0. The number of likely N-dealkylation sites (tertiary alicyclic amines) is 1. The van der Waals surface area contributed by atoms with E-state index in [2.05, 4.69) is 41.0 Å². The Labute approximate surface area is 147 Å². The Hall–Kier alpha value is -1.22. The Morgan fingerprint density at radius 1 is 0.958 bits per heavy atom. The van der Waals surface area contributed by atoms with Crippen LogP contribution in [-0.4, -0.2) is 36.8 Å². The maximum absolute atomic E-state index is 5.85. The van der Waals surface area contributed by atoms with E-state index in [0.717, 1.165) is 24.4 Å². The zero-order valence-electron chi connectivity index (χ0n) is 15.1. The fourth-order valence-electron chi connectivity index (χ4n) is 5.10. The van der Waals surface area contributed by atoms with Crippen LogP contribution in [0, 0.1) is 5.92 Å². The van der Waals surface area contributed by atoms with E-state index >= 15 is 0 Å². The van der Waals surface area contributed by atoms with Gasteiger partial charge in [-0.25, -0.2) is 0 Å². The highest BCUT2D eigenvalue weighted by Gasteiger charge is 2.33. The van der Waals surface area contributed by atoms with E-state index in [4.69, 9.17) is 4.74 Å². The van der Waals surface area contributed by atoms with E-state index in [-0.39, 0.29) is 0 Å². The molecule has 0 N–H and O–H groups in total. The highest BCUT2D eigenvalue weighted by Crippen LogP contribution is 2.38. The second-order valence-corrected chi connectivity index (χ2v) is 7.94. The Morgan fingerprint density at radius 3 is 2.46 bits per heavy atom. The van der Waals surface area contributed by atoms with E-state index in [9.17, 15) is 0 Å². The largest absolute Gasteiger partial charge is 0.471 e. The standard InChI is InChI=1S/C21H32N2O/c1-2-5-17-8-10-18(11-9-17)22-14-12-19(13-15-22)23-16-24-21-7-4-3-6-20(21)23/h3-4,6-7,17-19H,2,5,8-16H2,1H3. The van der Waals surface area contributed by atoms with E-state index in [1.165, 1.54) is 70.1 Å². The van der Waals surface area contributed by atoms with Gasteiger partial charge in [0.15, 0.2) is 6.73 Å². The van der Waals surface area contributed by atoms with Crippen LogP contribution in [0.3, 0.4) is 0 Å². The molecule has 1 aromatic rings. The molecule has 1 saturated carbocycles. The van der Waals surface area contributed by atoms with Gasteiger partial charge in [0.25, 0.3) is 0 Å². The molecule has 3 aliphatic rings. The molecule has 3 heteroatoms. The minimum Gasteiger partial charge on any atom is -0.471 e. The number of anilines is 1. The first-order valence-corrected chi connectivity index (χ1v) is 10.1. The molecule has 1 saturated heterocycles. The highest BCUT2D eigenvalue weighted by molar-refractivity contribution is 5.61. The van der Waals surface area contributed by atoms with Crippen molar-refractivity contribution in [2.24, 2.45) is 5.92 Å². The number of fused-ring (bicyclic) bond motifs is 1. The fraction of sp³-hybridized carbons (Fsp3) is 0.714. The van der Waals surface area contributed by atoms with Crippen LogP contribution < -0.4 is 9.64 Å². The topological polar surface area (TPSA) is 15.7 Å². The van der Waals surface area contributed by atoms with Gasteiger partial charge < -0.3 is 14.5 Å². The van der Waals surface area contributed by atoms with Crippen LogP contribution in [0.2, 0.25) is 0 Å². The van der Waals surface area contributed by atoms with Gasteiger partial charge in [0.05, 0.1) is 5.69 Å². The molecule has 2 fully saturated rings. The van der Waals surface area contributed by atoms with Crippen molar-refractivity contribution in [2.75, 3.05) is 24.7 Å². The highest BCUT2D eigenvalue weighted by atomic mass is 16.5. The van der Waals surface area contributed by atoms with Crippen molar-refractivity contribution in [2.45, 2.75) is 70.4 Å². The van der Waals surface area contributed by atoms with Crippen molar-refractivity contribution in [3.8, 4) is 5.75 Å². The molecule has 2 heterocycles. The molecular formula is C21H32N2O. The minimum absolute atomic E-state index is 0.654. The SMILES string of the molecule is CCCC1CCC(N2CCC(N3COc4ccccc43)CC2)CC1. The monoisotopic (exact) mass is 328 g/mol. The molecule has 0 unspecified atom stereocenters. The lowest BCUT2D eigenvalue weighted by molar-refractivity contribution is 0.103. The van der Waals surface area contributed by atoms with Crippen molar-refractivity contribution in [3.05, 3.63) is 24.3 Å². The molecule has 0 bridgehead atoms. The van der Waals surface area contributed by atoms with Crippen LogP contribution in [0.4, 0.5) is 5.69 Å². The first-order chi connectivity index (χ1) is 11.8. The number of nitrogens with zero attached hydrogens (tertiary/aromatic N) is 2. The maximum atomic E-state index is 5.85. The summed E-state index contributed by atoms with van der Waals surface area (Å²) in [4.78, 5) is 5.28. The van der Waals surface area contributed by atoms with Crippen LogP contribution in [0.15, 0.2) is 24.3 Å². The number of hydrogen-bond donors (Lipinski definition) is 0. The second kappa shape index (κ2) is 7.35. The van der Waals surface area contributed by atoms with Crippen molar-refractivity contribution in [1.82, 2.24) is 4.90 Å². The third kappa shape index (κ3) is 3.28. The van der Waals surface area contributed by atoms with E-state index in [0.29, 0.717) is 6.04 Å². The maximum Gasteiger partial charge on any atom is 0.161 e. The molecule has 132 valence electrons. The van der Waals surface area contributed by atoms with E-state index in [1.807, 2.05) is 0 Å². The molecule has 0 spiro atoms. The molecule has 1 aliphatic carbocycles. The normalized spacial score (nSPS) is 28.6. The number of para-hydroxylation sites is 2. The number of rotatable bonds is 4. The second-order valence-electron chi connectivity index (χ2n) is 7.94. The summed E-state index contributed by atoms with van der Waals surface area (Å²) in [5.41, 5.74) is 1.30. The van der Waals surface area contributed by atoms with Gasteiger partial charge in [-0.3, -0.25) is 0 Å². The quantitative estimate of drug-likeness (QED) is 0.799. The summed E-state index contributed by atoms with van der Waals surface area (Å²) in [6, 6.07) is 10.0. The molecule has 24 heavy (non-hydrogen) atoms. The lowest BCUT2D eigenvalue weighted by Crippen LogP contribution is -2.48. The van der Waals surface area contributed by atoms with Crippen LogP contribution >= 0.6 is 0 Å². The van der Waals surface area contributed by atoms with Gasteiger partial charge in [0.2, 0.25) is 0 Å². The van der Waals surface area contributed by atoms with Gasteiger partial charge in [-0.15, -0.1) is 0 Å². The lowest BCUT2D eigenvalue weighted by Gasteiger charge is -2.42. The van der Waals surface area contributed by atoms with Crippen LogP contribution in [-0.2, 0) is 0 Å². The molecule has 0 atom stereocenters. The number of benzene rings is 1. The zero-order chi connectivity index (χ0) is 16.4. The van der Waals surface area contributed by atoms with E-state index in [1.54, 1.807) is 0 Å². The third-order valence-corrected chi connectivity index (χ3v) is 6.50. The molecule has 4 rings (SSSR count). The van der Waals surface area contributed by atoms with Gasteiger partial charge >= 0.3 is 0 Å². The Kier molecular flexibility index (Phi) is 4.98. The Morgan fingerprint density at radius 2 is 1.71 bits per heavy atom. The zero-order valence-corrected chi connectivity index (χ0v) is 15.1. The van der Waals surface area contributed by atoms with Crippen LogP contribution in [0.5, 0.6) is 5.75 Å².